The third-order valence-corrected chi connectivity index (χ3v) is 1.61. The van der Waals surface area contributed by atoms with Crippen LogP contribution in [-0.4, -0.2) is 11.6 Å². The number of allylic oxidation sites excluding steroid dienone is 2. The Balaban J connectivity index is 2.59. The SMILES string of the molecule is O=C1C(F)=C(F)C2(OO2)C(F)=C1F. The van der Waals surface area contributed by atoms with Gasteiger partial charge in [-0.25, -0.2) is 8.78 Å². The molecule has 0 saturated carbocycles. The summed E-state index contributed by atoms with van der Waals surface area (Å²) >= 11 is 0. The van der Waals surface area contributed by atoms with Crippen molar-refractivity contribution in [2.45, 2.75) is 5.79 Å². The molecule has 13 heavy (non-hydrogen) atoms. The Morgan fingerprint density at radius 1 is 0.923 bits per heavy atom. The monoisotopic (exact) mass is 196 g/mol. The summed E-state index contributed by atoms with van der Waals surface area (Å²) in [5, 5.41) is 0. The first-order valence-corrected chi connectivity index (χ1v) is 3.03. The molecular weight excluding hydrogens is 196 g/mol. The summed E-state index contributed by atoms with van der Waals surface area (Å²) in [5.74, 6) is -12.7. The predicted molar refractivity (Wildman–Crippen MR) is 28.4 cm³/mol. The van der Waals surface area contributed by atoms with Crippen LogP contribution < -0.4 is 0 Å². The van der Waals surface area contributed by atoms with Crippen LogP contribution in [0.5, 0.6) is 0 Å². The Morgan fingerprint density at radius 2 is 1.31 bits per heavy atom. The lowest BCUT2D eigenvalue weighted by molar-refractivity contribution is -0.115. The summed E-state index contributed by atoms with van der Waals surface area (Å²) < 4.78 is 50.3. The average molecular weight is 196 g/mol. The van der Waals surface area contributed by atoms with Gasteiger partial charge in [0.15, 0.2) is 0 Å². The van der Waals surface area contributed by atoms with Crippen molar-refractivity contribution in [2.75, 3.05) is 0 Å². The van der Waals surface area contributed by atoms with E-state index in [4.69, 9.17) is 0 Å². The summed E-state index contributed by atoms with van der Waals surface area (Å²) in [6.07, 6.45) is 0. The largest absolute Gasteiger partial charge is 0.341 e. The van der Waals surface area contributed by atoms with E-state index in [-0.39, 0.29) is 0 Å². The molecule has 0 N–H and O–H groups in total. The van der Waals surface area contributed by atoms with Gasteiger partial charge in [-0.15, -0.1) is 0 Å². The quantitative estimate of drug-likeness (QED) is 0.335. The first kappa shape index (κ1) is 8.39. The lowest BCUT2D eigenvalue weighted by Crippen LogP contribution is -2.24. The predicted octanol–water partition coefficient (Wildman–Crippen LogP) is 1.53. The van der Waals surface area contributed by atoms with Gasteiger partial charge < -0.3 is 0 Å². The van der Waals surface area contributed by atoms with Crippen LogP contribution in [0.1, 0.15) is 0 Å². The summed E-state index contributed by atoms with van der Waals surface area (Å²) in [6.45, 7) is 0. The van der Waals surface area contributed by atoms with Gasteiger partial charge in [-0.2, -0.15) is 18.6 Å². The average Bonchev–Trinajstić information content (AvgIpc) is 2.91. The maximum absolute atomic E-state index is 12.7. The highest BCUT2D eigenvalue weighted by molar-refractivity contribution is 6.07. The van der Waals surface area contributed by atoms with Crippen LogP contribution in [-0.2, 0) is 14.6 Å². The number of carbonyl (C=O) groups excluding carboxylic acids is 1. The lowest BCUT2D eigenvalue weighted by atomic mass is 10.1. The second-order valence-corrected chi connectivity index (χ2v) is 2.37. The highest BCUT2D eigenvalue weighted by Crippen LogP contribution is 2.50. The molecular formula is C6F4O3. The Hall–Kier alpha value is -1.21. The molecule has 0 aromatic carbocycles. The van der Waals surface area contributed by atoms with Crippen molar-refractivity contribution in [3.63, 3.8) is 0 Å². The van der Waals surface area contributed by atoms with Crippen LogP contribution in [0, 0.1) is 0 Å². The first-order valence-electron chi connectivity index (χ1n) is 3.03. The second kappa shape index (κ2) is 2.18. The lowest BCUT2D eigenvalue weighted by Gasteiger charge is -2.09. The molecule has 2 rings (SSSR count). The van der Waals surface area contributed by atoms with E-state index in [1.807, 2.05) is 0 Å². The number of ketones is 1. The molecule has 3 nitrogen and oxygen atoms in total. The van der Waals surface area contributed by atoms with Crippen molar-refractivity contribution >= 4 is 5.78 Å². The van der Waals surface area contributed by atoms with Crippen LogP contribution in [0.3, 0.4) is 0 Å². The number of carbonyl (C=O) groups is 1. The fourth-order valence-electron chi connectivity index (χ4n) is 0.869. The third-order valence-electron chi connectivity index (χ3n) is 1.61. The van der Waals surface area contributed by atoms with Gasteiger partial charge in [0.1, 0.15) is 0 Å². The molecule has 1 aliphatic heterocycles. The fraction of sp³-hybridized carbons (Fsp3) is 0.167. The number of rotatable bonds is 0. The number of Topliss-reactive ketones (excluding diaryl/α,β-unsaturated/α-hetero) is 1. The van der Waals surface area contributed by atoms with E-state index in [1.54, 1.807) is 0 Å². The Morgan fingerprint density at radius 3 is 1.62 bits per heavy atom. The molecule has 0 unspecified atom stereocenters. The Bertz CT molecular complexity index is 336. The van der Waals surface area contributed by atoms with Crippen LogP contribution in [0.25, 0.3) is 0 Å². The maximum atomic E-state index is 12.7. The summed E-state index contributed by atoms with van der Waals surface area (Å²) in [7, 11) is 0. The van der Waals surface area contributed by atoms with Gasteiger partial charge >= 0.3 is 5.79 Å². The zero-order valence-electron chi connectivity index (χ0n) is 5.74. The molecule has 1 fully saturated rings. The molecule has 70 valence electrons. The topological polar surface area (TPSA) is 42.1 Å². The minimum atomic E-state index is -2.78. The minimum Gasteiger partial charge on any atom is -0.283 e. The van der Waals surface area contributed by atoms with Gasteiger partial charge in [-0.3, -0.25) is 4.79 Å². The molecule has 0 aromatic heterocycles. The summed E-state index contributed by atoms with van der Waals surface area (Å²) in [4.78, 5) is 17.9. The van der Waals surface area contributed by atoms with Crippen molar-refractivity contribution in [3.05, 3.63) is 23.3 Å². The molecule has 7 heteroatoms. The van der Waals surface area contributed by atoms with E-state index < -0.39 is 34.9 Å². The number of hydrogen-bond acceptors (Lipinski definition) is 3. The highest BCUT2D eigenvalue weighted by Gasteiger charge is 2.65. The maximum Gasteiger partial charge on any atom is 0.341 e. The molecule has 0 bridgehead atoms. The Labute approximate surface area is 68.2 Å². The Kier molecular flexibility index (Phi) is 1.41. The zero-order valence-corrected chi connectivity index (χ0v) is 5.74. The van der Waals surface area contributed by atoms with Crippen LogP contribution in [0.2, 0.25) is 0 Å². The first-order chi connectivity index (χ1) is 6.00. The van der Waals surface area contributed by atoms with E-state index in [1.165, 1.54) is 0 Å². The van der Waals surface area contributed by atoms with E-state index in [9.17, 15) is 22.4 Å². The van der Waals surface area contributed by atoms with Gasteiger partial charge in [0, 0.05) is 0 Å². The molecule has 2 aliphatic rings. The van der Waals surface area contributed by atoms with E-state index in [2.05, 4.69) is 9.78 Å². The molecule has 1 saturated heterocycles. The number of hydrogen-bond donors (Lipinski definition) is 0. The van der Waals surface area contributed by atoms with Crippen LogP contribution >= 0.6 is 0 Å². The van der Waals surface area contributed by atoms with Crippen molar-refractivity contribution in [1.29, 1.82) is 0 Å². The smallest absolute Gasteiger partial charge is 0.283 e. The normalized spacial score (nSPS) is 26.0. The molecule has 1 spiro atoms. The van der Waals surface area contributed by atoms with Crippen LogP contribution in [0.4, 0.5) is 17.6 Å². The zero-order chi connectivity index (χ0) is 9.80. The van der Waals surface area contributed by atoms with Crippen molar-refractivity contribution < 1.29 is 32.1 Å². The van der Waals surface area contributed by atoms with E-state index >= 15 is 0 Å². The fourth-order valence-corrected chi connectivity index (χ4v) is 0.869. The summed E-state index contributed by atoms with van der Waals surface area (Å²) in [5.41, 5.74) is 0. The van der Waals surface area contributed by atoms with Gasteiger partial charge in [0.05, 0.1) is 0 Å². The van der Waals surface area contributed by atoms with Crippen LogP contribution in [0.15, 0.2) is 23.3 Å². The third kappa shape index (κ3) is 0.825. The highest BCUT2D eigenvalue weighted by atomic mass is 19.2. The van der Waals surface area contributed by atoms with Crippen molar-refractivity contribution in [2.24, 2.45) is 0 Å². The summed E-state index contributed by atoms with van der Waals surface area (Å²) in [6, 6.07) is 0. The second-order valence-electron chi connectivity index (χ2n) is 2.37. The molecule has 0 amide bonds. The van der Waals surface area contributed by atoms with Gasteiger partial charge in [-0.1, -0.05) is 0 Å². The molecule has 0 aromatic rings. The molecule has 0 radical (unpaired) electrons. The van der Waals surface area contributed by atoms with Gasteiger partial charge in [0.2, 0.25) is 23.3 Å². The molecule has 1 heterocycles. The molecule has 1 aliphatic carbocycles. The van der Waals surface area contributed by atoms with Crippen molar-refractivity contribution in [1.82, 2.24) is 0 Å². The van der Waals surface area contributed by atoms with E-state index in [0.29, 0.717) is 0 Å². The minimum absolute atomic E-state index is 1.91. The van der Waals surface area contributed by atoms with Crippen molar-refractivity contribution in [3.8, 4) is 0 Å². The number of halogens is 4. The van der Waals surface area contributed by atoms with Gasteiger partial charge in [0.25, 0.3) is 5.78 Å². The van der Waals surface area contributed by atoms with E-state index in [0.717, 1.165) is 0 Å². The van der Waals surface area contributed by atoms with Gasteiger partial charge in [-0.05, 0) is 0 Å². The molecule has 0 atom stereocenters. The standard InChI is InChI=1S/C6F4O3/c7-1-3(11)2(8)5(10)6(4(1)9)12-13-6.